The molecule has 1 aliphatic heterocycles. The van der Waals surface area contributed by atoms with Gasteiger partial charge in [-0.05, 0) is 42.5 Å². The number of rotatable bonds is 9. The molecule has 0 aliphatic carbocycles. The third-order valence-electron chi connectivity index (χ3n) is 4.74. The van der Waals surface area contributed by atoms with Crippen molar-refractivity contribution in [2.45, 2.75) is 45.6 Å². The van der Waals surface area contributed by atoms with E-state index in [0.717, 1.165) is 43.7 Å². The molecule has 1 aliphatic rings. The molecule has 1 aromatic rings. The minimum atomic E-state index is 0.156. The fourth-order valence-electron chi connectivity index (χ4n) is 3.13. The van der Waals surface area contributed by atoms with E-state index in [4.69, 9.17) is 15.2 Å². The molecule has 27 heavy (non-hydrogen) atoms. The fraction of sp³-hybridized carbons (Fsp3) is 0.600. The molecule has 2 rings (SSSR count). The van der Waals surface area contributed by atoms with Crippen molar-refractivity contribution >= 4 is 11.9 Å². The second-order valence-electron chi connectivity index (χ2n) is 6.69. The first-order valence-corrected chi connectivity index (χ1v) is 9.64. The second-order valence-corrected chi connectivity index (χ2v) is 6.69. The lowest BCUT2D eigenvalue weighted by Gasteiger charge is -2.29. The van der Waals surface area contributed by atoms with Crippen molar-refractivity contribution in [2.75, 3.05) is 33.9 Å². The summed E-state index contributed by atoms with van der Waals surface area (Å²) in [6.45, 7) is 4.87. The number of nitrogens with one attached hydrogen (secondary N) is 1. The predicted molar refractivity (Wildman–Crippen MR) is 107 cm³/mol. The lowest BCUT2D eigenvalue weighted by atomic mass is 9.98. The van der Waals surface area contributed by atoms with Crippen molar-refractivity contribution in [2.24, 2.45) is 10.7 Å². The lowest BCUT2D eigenvalue weighted by molar-refractivity contribution is -0.132. The van der Waals surface area contributed by atoms with Gasteiger partial charge in [-0.3, -0.25) is 9.79 Å². The standard InChI is InChI=1S/C20H32N4O3/c1-4-5-9-22-20(21)23-10-6-7-19(25)24-11-8-15-12-17(26-2)18(27-3)13-16(15)14-24/h12-13H,4-11,14H2,1-3H3,(H3,21,22,23). The summed E-state index contributed by atoms with van der Waals surface area (Å²) in [5, 5.41) is 3.08. The third kappa shape index (κ3) is 6.05. The maximum atomic E-state index is 12.5. The number of nitrogens with zero attached hydrogens (tertiary/aromatic N) is 2. The van der Waals surface area contributed by atoms with Gasteiger partial charge in [-0.1, -0.05) is 13.3 Å². The number of aliphatic imine (C=N–C) groups is 1. The van der Waals surface area contributed by atoms with Gasteiger partial charge < -0.3 is 25.4 Å². The Bertz CT molecular complexity index is 661. The Kier molecular flexibility index (Phi) is 8.23. The van der Waals surface area contributed by atoms with Crippen molar-refractivity contribution in [3.05, 3.63) is 23.3 Å². The molecule has 1 heterocycles. The predicted octanol–water partition coefficient (Wildman–Crippen LogP) is 2.07. The van der Waals surface area contributed by atoms with Gasteiger partial charge in [0.1, 0.15) is 0 Å². The number of fused-ring (bicyclic) bond motifs is 1. The SMILES string of the molecule is CCCCNC(N)=NCCCC(=O)N1CCc2cc(OC)c(OC)cc2C1. The van der Waals surface area contributed by atoms with Crippen LogP contribution in [0.2, 0.25) is 0 Å². The molecule has 0 fully saturated rings. The number of benzene rings is 1. The second kappa shape index (κ2) is 10.6. The van der Waals surface area contributed by atoms with Crippen LogP contribution in [0.5, 0.6) is 11.5 Å². The molecule has 0 unspecified atom stereocenters. The number of unbranched alkanes of at least 4 members (excludes halogenated alkanes) is 1. The molecule has 0 saturated heterocycles. The normalized spacial score (nSPS) is 13.9. The van der Waals surface area contributed by atoms with E-state index in [9.17, 15) is 4.79 Å². The highest BCUT2D eigenvalue weighted by atomic mass is 16.5. The van der Waals surface area contributed by atoms with E-state index in [1.54, 1.807) is 14.2 Å². The van der Waals surface area contributed by atoms with Gasteiger partial charge in [-0.15, -0.1) is 0 Å². The van der Waals surface area contributed by atoms with Gasteiger partial charge in [-0.2, -0.15) is 0 Å². The highest BCUT2D eigenvalue weighted by Crippen LogP contribution is 2.33. The Hall–Kier alpha value is -2.44. The van der Waals surface area contributed by atoms with Crippen LogP contribution in [-0.2, 0) is 17.8 Å². The number of methoxy groups -OCH3 is 2. The molecule has 150 valence electrons. The summed E-state index contributed by atoms with van der Waals surface area (Å²) < 4.78 is 10.7. The molecule has 0 radical (unpaired) electrons. The quantitative estimate of drug-likeness (QED) is 0.391. The molecule has 0 aromatic heterocycles. The number of ether oxygens (including phenoxy) is 2. The molecule has 1 aromatic carbocycles. The number of hydrogen-bond donors (Lipinski definition) is 2. The summed E-state index contributed by atoms with van der Waals surface area (Å²) in [6, 6.07) is 3.99. The number of carbonyl (C=O) groups is 1. The Morgan fingerprint density at radius 3 is 2.59 bits per heavy atom. The topological polar surface area (TPSA) is 89.2 Å². The van der Waals surface area contributed by atoms with Crippen LogP contribution in [0.1, 0.15) is 43.7 Å². The summed E-state index contributed by atoms with van der Waals surface area (Å²) in [6.07, 6.45) is 4.20. The Morgan fingerprint density at radius 1 is 1.22 bits per heavy atom. The summed E-state index contributed by atoms with van der Waals surface area (Å²) in [7, 11) is 3.26. The van der Waals surface area contributed by atoms with Crippen LogP contribution in [0.4, 0.5) is 0 Å². The molecule has 3 N–H and O–H groups in total. The largest absolute Gasteiger partial charge is 0.493 e. The van der Waals surface area contributed by atoms with E-state index in [1.807, 2.05) is 17.0 Å². The first-order valence-electron chi connectivity index (χ1n) is 9.64. The molecule has 0 atom stereocenters. The third-order valence-corrected chi connectivity index (χ3v) is 4.74. The van der Waals surface area contributed by atoms with Crippen molar-refractivity contribution in [3.63, 3.8) is 0 Å². The fourth-order valence-corrected chi connectivity index (χ4v) is 3.13. The van der Waals surface area contributed by atoms with Crippen molar-refractivity contribution < 1.29 is 14.3 Å². The molecular weight excluding hydrogens is 344 g/mol. The Balaban J connectivity index is 1.82. The maximum Gasteiger partial charge on any atom is 0.222 e. The first kappa shape index (κ1) is 20.9. The van der Waals surface area contributed by atoms with E-state index in [1.165, 1.54) is 5.56 Å². The van der Waals surface area contributed by atoms with Crippen LogP contribution < -0.4 is 20.5 Å². The molecular formula is C20H32N4O3. The highest BCUT2D eigenvalue weighted by Gasteiger charge is 2.22. The summed E-state index contributed by atoms with van der Waals surface area (Å²) >= 11 is 0. The van der Waals surface area contributed by atoms with Gasteiger partial charge in [0.05, 0.1) is 14.2 Å². The smallest absolute Gasteiger partial charge is 0.222 e. The molecule has 0 saturated carbocycles. The van der Waals surface area contributed by atoms with Crippen molar-refractivity contribution in [1.29, 1.82) is 0 Å². The van der Waals surface area contributed by atoms with E-state index in [2.05, 4.69) is 17.2 Å². The Labute approximate surface area is 161 Å². The lowest BCUT2D eigenvalue weighted by Crippen LogP contribution is -2.36. The molecule has 0 spiro atoms. The van der Waals surface area contributed by atoms with Gasteiger partial charge >= 0.3 is 0 Å². The first-order chi connectivity index (χ1) is 13.1. The zero-order chi connectivity index (χ0) is 19.6. The van der Waals surface area contributed by atoms with Crippen molar-refractivity contribution in [3.8, 4) is 11.5 Å². The summed E-state index contributed by atoms with van der Waals surface area (Å²) in [5.74, 6) is 2.05. The molecule has 7 nitrogen and oxygen atoms in total. The van der Waals surface area contributed by atoms with Crippen LogP contribution >= 0.6 is 0 Å². The average Bonchev–Trinajstić information content (AvgIpc) is 2.69. The van der Waals surface area contributed by atoms with Gasteiger partial charge in [0, 0.05) is 32.6 Å². The van der Waals surface area contributed by atoms with E-state index in [0.29, 0.717) is 37.6 Å². The maximum absolute atomic E-state index is 12.5. The molecule has 0 bridgehead atoms. The number of nitrogens with two attached hydrogens (primary N) is 1. The average molecular weight is 377 g/mol. The summed E-state index contributed by atoms with van der Waals surface area (Å²) in [4.78, 5) is 18.7. The van der Waals surface area contributed by atoms with Gasteiger partial charge in [0.2, 0.25) is 5.91 Å². The van der Waals surface area contributed by atoms with Crippen LogP contribution in [0.3, 0.4) is 0 Å². The minimum Gasteiger partial charge on any atom is -0.493 e. The number of hydrogen-bond acceptors (Lipinski definition) is 4. The van der Waals surface area contributed by atoms with Gasteiger partial charge in [-0.25, -0.2) is 0 Å². The number of amides is 1. The monoisotopic (exact) mass is 376 g/mol. The number of guanidine groups is 1. The number of carbonyl (C=O) groups excluding carboxylic acids is 1. The Morgan fingerprint density at radius 2 is 1.93 bits per heavy atom. The van der Waals surface area contributed by atoms with Crippen molar-refractivity contribution in [1.82, 2.24) is 10.2 Å². The molecule has 1 amide bonds. The zero-order valence-electron chi connectivity index (χ0n) is 16.7. The van der Waals surface area contributed by atoms with Crippen LogP contribution in [0.25, 0.3) is 0 Å². The summed E-state index contributed by atoms with van der Waals surface area (Å²) in [5.41, 5.74) is 8.13. The van der Waals surface area contributed by atoms with E-state index in [-0.39, 0.29) is 5.91 Å². The van der Waals surface area contributed by atoms with Gasteiger partial charge in [0.15, 0.2) is 17.5 Å². The molecule has 7 heteroatoms. The highest BCUT2D eigenvalue weighted by molar-refractivity contribution is 5.78. The zero-order valence-corrected chi connectivity index (χ0v) is 16.7. The minimum absolute atomic E-state index is 0.156. The van der Waals surface area contributed by atoms with E-state index >= 15 is 0 Å². The van der Waals surface area contributed by atoms with Gasteiger partial charge in [0.25, 0.3) is 0 Å². The van der Waals surface area contributed by atoms with Crippen LogP contribution in [0.15, 0.2) is 17.1 Å². The van der Waals surface area contributed by atoms with E-state index < -0.39 is 0 Å². The van der Waals surface area contributed by atoms with Crippen LogP contribution in [-0.4, -0.2) is 50.6 Å². The van der Waals surface area contributed by atoms with Crippen LogP contribution in [0, 0.1) is 0 Å².